The van der Waals surface area contributed by atoms with E-state index in [1.165, 1.54) is 30.6 Å². The zero-order valence-corrected chi connectivity index (χ0v) is 18.4. The van der Waals surface area contributed by atoms with Gasteiger partial charge in [-0.1, -0.05) is 17.7 Å². The fourth-order valence-corrected chi connectivity index (χ4v) is 5.06. The van der Waals surface area contributed by atoms with Gasteiger partial charge in [-0.2, -0.15) is 23.4 Å². The van der Waals surface area contributed by atoms with Crippen molar-refractivity contribution in [2.75, 3.05) is 11.9 Å². The van der Waals surface area contributed by atoms with Crippen LogP contribution in [0.4, 0.5) is 23.4 Å². The number of carbonyl (C=O) groups is 1. The summed E-state index contributed by atoms with van der Waals surface area (Å²) < 4.78 is 53.5. The molecule has 1 aromatic carbocycles. The van der Waals surface area contributed by atoms with Crippen LogP contribution >= 0.6 is 11.6 Å². The van der Waals surface area contributed by atoms with E-state index in [4.69, 9.17) is 11.6 Å². The summed E-state index contributed by atoms with van der Waals surface area (Å²) >= 11 is 6.08. The van der Waals surface area contributed by atoms with E-state index in [-0.39, 0.29) is 46.0 Å². The van der Waals surface area contributed by atoms with E-state index in [1.807, 2.05) is 0 Å². The van der Waals surface area contributed by atoms with Crippen molar-refractivity contribution in [1.82, 2.24) is 24.9 Å². The molecule has 7 nitrogen and oxygen atoms in total. The van der Waals surface area contributed by atoms with Crippen molar-refractivity contribution in [2.45, 2.75) is 37.5 Å². The van der Waals surface area contributed by atoms with Crippen LogP contribution in [-0.4, -0.2) is 49.4 Å². The first-order valence-electron chi connectivity index (χ1n) is 10.7. The van der Waals surface area contributed by atoms with Gasteiger partial charge in [-0.25, -0.2) is 9.37 Å². The average Bonchev–Trinajstić information content (AvgIpc) is 3.34. The predicted octanol–water partition coefficient (Wildman–Crippen LogP) is 4.58. The Balaban J connectivity index is 1.42. The molecule has 0 radical (unpaired) electrons. The third-order valence-corrected chi connectivity index (χ3v) is 6.65. The minimum absolute atomic E-state index is 0.0316. The number of rotatable bonds is 4. The first-order valence-corrected chi connectivity index (χ1v) is 11.1. The van der Waals surface area contributed by atoms with E-state index in [0.29, 0.717) is 19.4 Å². The SMILES string of the molecule is O=C(c1cccc(F)c1-n1nccn1)N1CC2CCC1C(Nc1ncc(C(F)(F)F)cc1Cl)C2. The number of fused-ring (bicyclic) bond motifs is 3. The standard InChI is InChI=1S/C22H19ClF4N6O/c23-15-9-13(22(25,26)27)10-28-20(15)31-17-8-12-4-5-18(17)32(11-12)21(34)14-2-1-3-16(24)19(14)33-29-6-7-30-33/h1-3,6-7,9-10,12,17-18H,4-5,8,11H2,(H,28,31). The van der Waals surface area contributed by atoms with E-state index in [2.05, 4.69) is 20.5 Å². The highest BCUT2D eigenvalue weighted by Crippen LogP contribution is 2.39. The summed E-state index contributed by atoms with van der Waals surface area (Å²) in [4.78, 5) is 20.2. The van der Waals surface area contributed by atoms with E-state index in [9.17, 15) is 22.4 Å². The molecule has 3 atom stereocenters. The lowest BCUT2D eigenvalue weighted by Gasteiger charge is -2.50. The lowest BCUT2D eigenvalue weighted by molar-refractivity contribution is -0.137. The van der Waals surface area contributed by atoms with Gasteiger partial charge in [0, 0.05) is 18.8 Å². The topological polar surface area (TPSA) is 75.9 Å². The van der Waals surface area contributed by atoms with E-state index in [1.54, 1.807) is 4.90 Å². The monoisotopic (exact) mass is 494 g/mol. The van der Waals surface area contributed by atoms with Gasteiger partial charge in [0.2, 0.25) is 0 Å². The van der Waals surface area contributed by atoms with Crippen LogP contribution in [0.15, 0.2) is 42.9 Å². The van der Waals surface area contributed by atoms with Crippen molar-refractivity contribution in [1.29, 1.82) is 0 Å². The van der Waals surface area contributed by atoms with Gasteiger partial charge < -0.3 is 10.2 Å². The van der Waals surface area contributed by atoms with Crippen LogP contribution in [0.2, 0.25) is 5.02 Å². The van der Waals surface area contributed by atoms with Crippen LogP contribution in [0.3, 0.4) is 0 Å². The van der Waals surface area contributed by atoms with Crippen LogP contribution in [-0.2, 0) is 6.18 Å². The predicted molar refractivity (Wildman–Crippen MR) is 115 cm³/mol. The third kappa shape index (κ3) is 4.08. The Bertz CT molecular complexity index is 1220. The normalized spacial score (nSPS) is 22.1. The zero-order chi connectivity index (χ0) is 24.0. The highest BCUT2D eigenvalue weighted by molar-refractivity contribution is 6.33. The molecule has 2 bridgehead atoms. The number of pyridine rings is 1. The number of para-hydroxylation sites is 1. The highest BCUT2D eigenvalue weighted by atomic mass is 35.5. The molecule has 34 heavy (non-hydrogen) atoms. The molecule has 3 aromatic rings. The second kappa shape index (κ2) is 8.53. The first kappa shape index (κ1) is 22.6. The molecule has 12 heteroatoms. The van der Waals surface area contributed by atoms with Gasteiger partial charge >= 0.3 is 6.18 Å². The van der Waals surface area contributed by atoms with Gasteiger partial charge in [0.15, 0.2) is 5.82 Å². The summed E-state index contributed by atoms with van der Waals surface area (Å²) in [7, 11) is 0. The molecule has 178 valence electrons. The maximum Gasteiger partial charge on any atom is 0.417 e. The molecule has 1 amide bonds. The van der Waals surface area contributed by atoms with E-state index >= 15 is 0 Å². The van der Waals surface area contributed by atoms with Crippen molar-refractivity contribution in [3.63, 3.8) is 0 Å². The molecule has 0 spiro atoms. The molecule has 1 aliphatic carbocycles. The number of nitrogens with one attached hydrogen (secondary N) is 1. The molecular weight excluding hydrogens is 476 g/mol. The number of alkyl halides is 3. The summed E-state index contributed by atoms with van der Waals surface area (Å²) in [5, 5.41) is 10.9. The molecule has 2 aromatic heterocycles. The number of carbonyl (C=O) groups excluding carboxylic acids is 1. The molecule has 1 saturated carbocycles. The number of halogens is 5. The summed E-state index contributed by atoms with van der Waals surface area (Å²) in [5.41, 5.74) is -0.833. The quantitative estimate of drug-likeness (QED) is 0.537. The first-order chi connectivity index (χ1) is 16.2. The second-order valence-corrected chi connectivity index (χ2v) is 8.87. The zero-order valence-electron chi connectivity index (χ0n) is 17.6. The Morgan fingerprint density at radius 3 is 2.62 bits per heavy atom. The van der Waals surface area contributed by atoms with Gasteiger partial charge in [-0.05, 0) is 43.4 Å². The van der Waals surface area contributed by atoms with Crippen molar-refractivity contribution in [3.05, 3.63) is 64.8 Å². The Kier molecular flexibility index (Phi) is 5.67. The van der Waals surface area contributed by atoms with Crippen LogP contribution in [0, 0.1) is 11.7 Å². The highest BCUT2D eigenvalue weighted by Gasteiger charge is 2.44. The number of nitrogens with zero attached hydrogens (tertiary/aromatic N) is 5. The molecule has 1 N–H and O–H groups in total. The van der Waals surface area contributed by atoms with Crippen molar-refractivity contribution < 1.29 is 22.4 Å². The van der Waals surface area contributed by atoms with Gasteiger partial charge in [0.05, 0.1) is 34.6 Å². The van der Waals surface area contributed by atoms with Crippen molar-refractivity contribution in [3.8, 4) is 5.69 Å². The van der Waals surface area contributed by atoms with Crippen LogP contribution < -0.4 is 5.32 Å². The number of aromatic nitrogens is 4. The number of hydrogen-bond acceptors (Lipinski definition) is 5. The number of amides is 1. The minimum Gasteiger partial charge on any atom is -0.364 e. The van der Waals surface area contributed by atoms with Crippen LogP contribution in [0.1, 0.15) is 35.2 Å². The summed E-state index contributed by atoms with van der Waals surface area (Å²) in [6.45, 7) is 0.498. The second-order valence-electron chi connectivity index (χ2n) is 8.46. The minimum atomic E-state index is -4.55. The van der Waals surface area contributed by atoms with E-state index < -0.39 is 17.6 Å². The van der Waals surface area contributed by atoms with Crippen molar-refractivity contribution >= 4 is 23.3 Å². The molecule has 2 saturated heterocycles. The summed E-state index contributed by atoms with van der Waals surface area (Å²) in [5.74, 6) is -0.676. The average molecular weight is 495 g/mol. The molecule has 3 aliphatic rings. The fraction of sp³-hybridized carbons (Fsp3) is 0.364. The largest absolute Gasteiger partial charge is 0.417 e. The Morgan fingerprint density at radius 2 is 1.94 bits per heavy atom. The number of piperidine rings is 2. The van der Waals surface area contributed by atoms with Crippen LogP contribution in [0.25, 0.3) is 5.69 Å². The van der Waals surface area contributed by atoms with Gasteiger partial charge in [0.25, 0.3) is 5.91 Å². The van der Waals surface area contributed by atoms with Crippen LogP contribution in [0.5, 0.6) is 0 Å². The van der Waals surface area contributed by atoms with Gasteiger partial charge in [-0.15, -0.1) is 4.80 Å². The Labute approximate surface area is 196 Å². The molecule has 2 aliphatic heterocycles. The molecule has 3 unspecified atom stereocenters. The summed E-state index contributed by atoms with van der Waals surface area (Å²) in [6.07, 6.45) is 1.29. The fourth-order valence-electron chi connectivity index (χ4n) is 4.83. The number of hydrogen-bond donors (Lipinski definition) is 1. The Morgan fingerprint density at radius 1 is 1.18 bits per heavy atom. The molecule has 4 heterocycles. The maximum absolute atomic E-state index is 14.7. The summed E-state index contributed by atoms with van der Waals surface area (Å²) in [6, 6.07) is 4.53. The Hall–Kier alpha value is -3.21. The molecule has 3 fully saturated rings. The number of benzene rings is 1. The van der Waals surface area contributed by atoms with Gasteiger partial charge in [0.1, 0.15) is 11.5 Å². The third-order valence-electron chi connectivity index (χ3n) is 6.37. The smallest absolute Gasteiger partial charge is 0.364 e. The lowest BCUT2D eigenvalue weighted by Crippen LogP contribution is -2.60. The molecule has 6 rings (SSSR count). The lowest BCUT2D eigenvalue weighted by atomic mass is 9.76. The van der Waals surface area contributed by atoms with E-state index in [0.717, 1.165) is 23.5 Å². The maximum atomic E-state index is 14.7. The number of anilines is 1. The van der Waals surface area contributed by atoms with Gasteiger partial charge in [-0.3, -0.25) is 4.79 Å². The molecular formula is C22H19ClF4N6O. The van der Waals surface area contributed by atoms with Crippen molar-refractivity contribution in [2.24, 2.45) is 5.92 Å².